The Kier molecular flexibility index (Phi) is 2.76. The summed E-state index contributed by atoms with van der Waals surface area (Å²) in [4.78, 5) is 0. The van der Waals surface area contributed by atoms with Crippen LogP contribution in [-0.4, -0.2) is 22.6 Å². The van der Waals surface area contributed by atoms with Crippen molar-refractivity contribution < 1.29 is 0 Å². The minimum absolute atomic E-state index is 0.869. The molecule has 0 amide bonds. The zero-order chi connectivity index (χ0) is 9.38. The van der Waals surface area contributed by atoms with Crippen LogP contribution in [0.15, 0.2) is 0 Å². The molecule has 2 heteroatoms. The summed E-state index contributed by atoms with van der Waals surface area (Å²) in [6.07, 6.45) is 11.7. The smallest absolute Gasteiger partial charge is 0.0204 e. The number of rotatable bonds is 0. The molecule has 80 valence electrons. The normalized spacial score (nSPS) is 48.0. The van der Waals surface area contributed by atoms with E-state index >= 15 is 0 Å². The van der Waals surface area contributed by atoms with Gasteiger partial charge in [-0.2, -0.15) is 11.8 Å². The molecule has 3 aliphatic rings. The van der Waals surface area contributed by atoms with E-state index in [1.807, 2.05) is 0 Å². The molecule has 1 aliphatic heterocycles. The molecule has 1 N–H and O–H groups in total. The number of hydrogen-bond donors (Lipinski definition) is 1. The van der Waals surface area contributed by atoms with E-state index in [0.717, 1.165) is 22.6 Å². The molecule has 2 aliphatic carbocycles. The minimum Gasteiger partial charge on any atom is -0.309 e. The third kappa shape index (κ3) is 1.71. The Morgan fingerprint density at radius 1 is 0.714 bits per heavy atom. The molecule has 3 fully saturated rings. The van der Waals surface area contributed by atoms with Crippen LogP contribution in [0.25, 0.3) is 0 Å². The Morgan fingerprint density at radius 2 is 1.21 bits per heavy atom. The van der Waals surface area contributed by atoms with Crippen LogP contribution in [0.1, 0.15) is 51.4 Å². The Balaban J connectivity index is 1.68. The van der Waals surface area contributed by atoms with Crippen LogP contribution >= 0.6 is 11.8 Å². The Hall–Kier alpha value is 0.310. The molecular weight excluding hydrogens is 190 g/mol. The fraction of sp³-hybridized carbons (Fsp3) is 1.00. The zero-order valence-corrected chi connectivity index (χ0v) is 9.69. The maximum Gasteiger partial charge on any atom is 0.0204 e. The lowest BCUT2D eigenvalue weighted by Crippen LogP contribution is -2.56. The van der Waals surface area contributed by atoms with Gasteiger partial charge in [0.15, 0.2) is 0 Å². The molecule has 0 radical (unpaired) electrons. The molecule has 0 aromatic rings. The molecule has 1 heterocycles. The summed E-state index contributed by atoms with van der Waals surface area (Å²) in [5, 5.41) is 5.86. The van der Waals surface area contributed by atoms with Gasteiger partial charge < -0.3 is 5.32 Å². The molecule has 0 bridgehead atoms. The van der Waals surface area contributed by atoms with E-state index in [1.165, 1.54) is 51.4 Å². The average Bonchev–Trinajstić information content (AvgIpc) is 2.26. The average molecular weight is 211 g/mol. The first-order valence-corrected chi connectivity index (χ1v) is 7.29. The molecule has 0 spiro atoms. The molecule has 0 aromatic heterocycles. The van der Waals surface area contributed by atoms with E-state index in [0.29, 0.717) is 0 Å². The molecule has 1 nitrogen and oxygen atoms in total. The second-order valence-corrected chi connectivity index (χ2v) is 6.64. The van der Waals surface area contributed by atoms with E-state index in [4.69, 9.17) is 0 Å². The second kappa shape index (κ2) is 4.05. The van der Waals surface area contributed by atoms with Crippen LogP contribution in [0.2, 0.25) is 0 Å². The summed E-state index contributed by atoms with van der Waals surface area (Å²) in [6, 6.07) is 1.74. The Bertz CT molecular complexity index is 164. The lowest BCUT2D eigenvalue weighted by atomic mass is 9.89. The van der Waals surface area contributed by atoms with Crippen LogP contribution in [0.5, 0.6) is 0 Å². The van der Waals surface area contributed by atoms with Gasteiger partial charge in [0, 0.05) is 22.6 Å². The van der Waals surface area contributed by atoms with Crippen molar-refractivity contribution in [1.82, 2.24) is 5.32 Å². The van der Waals surface area contributed by atoms with Gasteiger partial charge in [-0.3, -0.25) is 0 Å². The maximum atomic E-state index is 3.94. The van der Waals surface area contributed by atoms with E-state index in [9.17, 15) is 0 Å². The predicted octanol–water partition coefficient (Wildman–Crippen LogP) is 2.95. The number of fused-ring (bicyclic) bond motifs is 2. The van der Waals surface area contributed by atoms with Crippen molar-refractivity contribution >= 4 is 11.8 Å². The van der Waals surface area contributed by atoms with Gasteiger partial charge in [-0.15, -0.1) is 0 Å². The SMILES string of the molecule is C1CCC2SC3CCCC[C@@H]3NC2C1. The number of thioether (sulfide) groups is 1. The van der Waals surface area contributed by atoms with Crippen molar-refractivity contribution in [3.8, 4) is 0 Å². The Morgan fingerprint density at radius 3 is 1.79 bits per heavy atom. The highest BCUT2D eigenvalue weighted by molar-refractivity contribution is 8.00. The van der Waals surface area contributed by atoms with Gasteiger partial charge in [0.05, 0.1) is 0 Å². The van der Waals surface area contributed by atoms with Crippen molar-refractivity contribution in [3.63, 3.8) is 0 Å². The summed E-state index contributed by atoms with van der Waals surface area (Å²) in [5.41, 5.74) is 0. The monoisotopic (exact) mass is 211 g/mol. The van der Waals surface area contributed by atoms with Gasteiger partial charge in [-0.05, 0) is 25.7 Å². The first-order valence-electron chi connectivity index (χ1n) is 6.35. The third-order valence-electron chi connectivity index (χ3n) is 4.18. The van der Waals surface area contributed by atoms with Crippen LogP contribution in [0.3, 0.4) is 0 Å². The van der Waals surface area contributed by atoms with Crippen molar-refractivity contribution in [1.29, 1.82) is 0 Å². The fourth-order valence-corrected chi connectivity index (χ4v) is 5.26. The van der Waals surface area contributed by atoms with Gasteiger partial charge in [0.2, 0.25) is 0 Å². The molecule has 1 saturated heterocycles. The highest BCUT2D eigenvalue weighted by atomic mass is 32.2. The van der Waals surface area contributed by atoms with Crippen LogP contribution in [0, 0.1) is 0 Å². The van der Waals surface area contributed by atoms with Gasteiger partial charge in [0.1, 0.15) is 0 Å². The molecule has 3 rings (SSSR count). The van der Waals surface area contributed by atoms with Crippen molar-refractivity contribution in [2.45, 2.75) is 74.0 Å². The quantitative estimate of drug-likeness (QED) is 0.661. The van der Waals surface area contributed by atoms with Gasteiger partial charge in [-0.25, -0.2) is 0 Å². The largest absolute Gasteiger partial charge is 0.309 e. The molecule has 3 unspecified atom stereocenters. The highest BCUT2D eigenvalue weighted by Crippen LogP contribution is 2.41. The minimum atomic E-state index is 0.869. The van der Waals surface area contributed by atoms with Crippen molar-refractivity contribution in [2.24, 2.45) is 0 Å². The molecule has 14 heavy (non-hydrogen) atoms. The highest BCUT2D eigenvalue weighted by Gasteiger charge is 2.38. The van der Waals surface area contributed by atoms with E-state index in [2.05, 4.69) is 17.1 Å². The lowest BCUT2D eigenvalue weighted by Gasteiger charge is -2.46. The van der Waals surface area contributed by atoms with Gasteiger partial charge in [-0.1, -0.05) is 25.7 Å². The number of nitrogens with one attached hydrogen (secondary N) is 1. The first kappa shape index (κ1) is 9.53. The third-order valence-corrected chi connectivity index (χ3v) is 6.01. The first-order chi connectivity index (χ1) is 6.93. The topological polar surface area (TPSA) is 12.0 Å². The molecule has 4 atom stereocenters. The summed E-state index contributed by atoms with van der Waals surface area (Å²) in [5.74, 6) is 0. The number of hydrogen-bond acceptors (Lipinski definition) is 2. The standard InChI is InChI=1S/C12H21NS/c1-3-7-11-9(5-1)13-10-6-2-4-8-12(10)14-11/h9-13H,1-8H2/t9-,10?,11?,12?/m0/s1. The fourth-order valence-electron chi connectivity index (χ4n) is 3.40. The summed E-state index contributed by atoms with van der Waals surface area (Å²) in [6.45, 7) is 0. The van der Waals surface area contributed by atoms with Crippen LogP contribution in [-0.2, 0) is 0 Å². The summed E-state index contributed by atoms with van der Waals surface area (Å²) in [7, 11) is 0. The van der Waals surface area contributed by atoms with Crippen molar-refractivity contribution in [3.05, 3.63) is 0 Å². The van der Waals surface area contributed by atoms with Crippen LogP contribution < -0.4 is 5.32 Å². The van der Waals surface area contributed by atoms with E-state index < -0.39 is 0 Å². The zero-order valence-electron chi connectivity index (χ0n) is 8.87. The van der Waals surface area contributed by atoms with Crippen molar-refractivity contribution in [2.75, 3.05) is 0 Å². The van der Waals surface area contributed by atoms with Gasteiger partial charge >= 0.3 is 0 Å². The summed E-state index contributed by atoms with van der Waals surface area (Å²) < 4.78 is 0. The second-order valence-electron chi connectivity index (χ2n) is 5.16. The summed E-state index contributed by atoms with van der Waals surface area (Å²) >= 11 is 2.34. The molecule has 0 aromatic carbocycles. The Labute approximate surface area is 91.4 Å². The predicted molar refractivity (Wildman–Crippen MR) is 62.8 cm³/mol. The van der Waals surface area contributed by atoms with E-state index in [1.54, 1.807) is 0 Å². The van der Waals surface area contributed by atoms with E-state index in [-0.39, 0.29) is 0 Å². The van der Waals surface area contributed by atoms with Crippen LogP contribution in [0.4, 0.5) is 0 Å². The molecule has 2 saturated carbocycles. The molecular formula is C12H21NS. The lowest BCUT2D eigenvalue weighted by molar-refractivity contribution is 0.284. The van der Waals surface area contributed by atoms with Gasteiger partial charge in [0.25, 0.3) is 0 Å². The maximum absolute atomic E-state index is 3.94.